The van der Waals surface area contributed by atoms with Crippen molar-refractivity contribution in [3.8, 4) is 0 Å². The molecule has 1 fully saturated rings. The van der Waals surface area contributed by atoms with E-state index in [4.69, 9.17) is 11.6 Å². The fourth-order valence-electron chi connectivity index (χ4n) is 1.85. The summed E-state index contributed by atoms with van der Waals surface area (Å²) in [4.78, 5) is 8.06. The smallest absolute Gasteiger partial charge is 0.224 e. The summed E-state index contributed by atoms with van der Waals surface area (Å²) in [5, 5.41) is 3.63. The van der Waals surface area contributed by atoms with E-state index in [0.717, 1.165) is 16.8 Å². The van der Waals surface area contributed by atoms with Crippen LogP contribution in [-0.4, -0.2) is 16.5 Å². The Kier molecular flexibility index (Phi) is 3.40. The predicted octanol–water partition coefficient (Wildman–Crippen LogP) is 3.74. The molecule has 0 amide bonds. The molecule has 0 saturated heterocycles. The molecule has 0 bridgehead atoms. The van der Waals surface area contributed by atoms with E-state index in [1.165, 1.54) is 12.8 Å². The van der Waals surface area contributed by atoms with Gasteiger partial charge in [0, 0.05) is 12.7 Å². The van der Waals surface area contributed by atoms with Gasteiger partial charge in [0.15, 0.2) is 0 Å². The minimum atomic E-state index is 0.278. The van der Waals surface area contributed by atoms with Crippen LogP contribution in [0.1, 0.15) is 26.7 Å². The Morgan fingerprint density at radius 1 is 1.56 bits per heavy atom. The Morgan fingerprint density at radius 2 is 2.25 bits per heavy atom. The third kappa shape index (κ3) is 2.48. The van der Waals surface area contributed by atoms with Crippen molar-refractivity contribution >= 4 is 33.3 Å². The van der Waals surface area contributed by atoms with Crippen LogP contribution in [0, 0.1) is 11.3 Å². The largest absolute Gasteiger partial charge is 0.368 e. The average molecular weight is 305 g/mol. The molecule has 0 aromatic carbocycles. The van der Waals surface area contributed by atoms with Gasteiger partial charge in [-0.05, 0) is 51.7 Å². The lowest BCUT2D eigenvalue weighted by molar-refractivity contribution is 0.380. The molecule has 0 atom stereocenters. The lowest BCUT2D eigenvalue weighted by Gasteiger charge is -2.20. The molecule has 88 valence electrons. The highest BCUT2D eigenvalue weighted by atomic mass is 79.9. The number of rotatable bonds is 4. The van der Waals surface area contributed by atoms with E-state index in [0.29, 0.717) is 11.3 Å². The zero-order valence-electron chi connectivity index (χ0n) is 9.43. The Bertz CT molecular complexity index is 391. The first-order chi connectivity index (χ1) is 7.53. The van der Waals surface area contributed by atoms with Gasteiger partial charge in [0.1, 0.15) is 5.82 Å². The van der Waals surface area contributed by atoms with Crippen molar-refractivity contribution in [3.63, 3.8) is 0 Å². The first kappa shape index (κ1) is 12.1. The fourth-order valence-corrected chi connectivity index (χ4v) is 2.31. The molecule has 1 aliphatic rings. The monoisotopic (exact) mass is 303 g/mol. The Balaban J connectivity index is 2.02. The Hall–Kier alpha value is -0.350. The van der Waals surface area contributed by atoms with Crippen LogP contribution in [0.2, 0.25) is 5.28 Å². The highest BCUT2D eigenvalue weighted by Gasteiger charge is 2.45. The van der Waals surface area contributed by atoms with Crippen LogP contribution in [0.15, 0.2) is 10.7 Å². The minimum Gasteiger partial charge on any atom is -0.368 e. The second-order valence-electron chi connectivity index (χ2n) is 4.71. The van der Waals surface area contributed by atoms with Crippen LogP contribution in [0.4, 0.5) is 5.82 Å². The van der Waals surface area contributed by atoms with Crippen molar-refractivity contribution in [2.24, 2.45) is 11.3 Å². The third-order valence-electron chi connectivity index (χ3n) is 3.44. The summed E-state index contributed by atoms with van der Waals surface area (Å²) >= 11 is 9.17. The summed E-state index contributed by atoms with van der Waals surface area (Å²) in [6, 6.07) is 0. The summed E-state index contributed by atoms with van der Waals surface area (Å²) in [6.07, 6.45) is 4.27. The zero-order chi connectivity index (χ0) is 11.8. The van der Waals surface area contributed by atoms with Gasteiger partial charge in [0.25, 0.3) is 0 Å². The Morgan fingerprint density at radius 3 is 2.81 bits per heavy atom. The second kappa shape index (κ2) is 4.49. The summed E-state index contributed by atoms with van der Waals surface area (Å²) in [6.45, 7) is 5.50. The van der Waals surface area contributed by atoms with Crippen molar-refractivity contribution in [2.45, 2.75) is 26.7 Å². The molecule has 1 heterocycles. The van der Waals surface area contributed by atoms with E-state index < -0.39 is 0 Å². The molecule has 1 saturated carbocycles. The van der Waals surface area contributed by atoms with Crippen molar-refractivity contribution < 1.29 is 0 Å². The maximum atomic E-state index is 5.76. The molecular weight excluding hydrogens is 289 g/mol. The highest BCUT2D eigenvalue weighted by molar-refractivity contribution is 9.10. The van der Waals surface area contributed by atoms with E-state index in [1.807, 2.05) is 0 Å². The van der Waals surface area contributed by atoms with Gasteiger partial charge < -0.3 is 5.32 Å². The van der Waals surface area contributed by atoms with Crippen LogP contribution in [-0.2, 0) is 0 Å². The fraction of sp³-hybridized carbons (Fsp3) is 0.636. The van der Waals surface area contributed by atoms with Gasteiger partial charge in [-0.1, -0.05) is 13.8 Å². The second-order valence-corrected chi connectivity index (χ2v) is 5.90. The molecule has 0 aliphatic heterocycles. The summed E-state index contributed by atoms with van der Waals surface area (Å²) < 4.78 is 0.858. The lowest BCUT2D eigenvalue weighted by atomic mass is 9.92. The van der Waals surface area contributed by atoms with Gasteiger partial charge in [0.05, 0.1) is 4.47 Å². The molecule has 5 heteroatoms. The topological polar surface area (TPSA) is 37.8 Å². The molecule has 0 unspecified atom stereocenters. The maximum Gasteiger partial charge on any atom is 0.224 e. The van der Waals surface area contributed by atoms with Crippen LogP contribution in [0.5, 0.6) is 0 Å². The number of halogens is 2. The van der Waals surface area contributed by atoms with Gasteiger partial charge in [-0.15, -0.1) is 0 Å². The molecule has 1 N–H and O–H groups in total. The van der Waals surface area contributed by atoms with Crippen LogP contribution in [0.3, 0.4) is 0 Å². The van der Waals surface area contributed by atoms with Crippen LogP contribution < -0.4 is 5.32 Å². The van der Waals surface area contributed by atoms with Crippen LogP contribution >= 0.6 is 27.5 Å². The van der Waals surface area contributed by atoms with E-state index in [2.05, 4.69) is 45.1 Å². The van der Waals surface area contributed by atoms with Crippen molar-refractivity contribution in [2.75, 3.05) is 11.9 Å². The number of aromatic nitrogens is 2. The molecule has 0 radical (unpaired) electrons. The Labute approximate surface area is 109 Å². The zero-order valence-corrected chi connectivity index (χ0v) is 11.8. The highest BCUT2D eigenvalue weighted by Crippen LogP contribution is 2.51. The molecular formula is C11H15BrClN3. The SMILES string of the molecule is CC(C)C1(CNc2nc(Cl)ncc2Br)CC1. The van der Waals surface area contributed by atoms with Gasteiger partial charge in [-0.2, -0.15) is 4.98 Å². The number of nitrogens with one attached hydrogen (secondary N) is 1. The van der Waals surface area contributed by atoms with Gasteiger partial charge >= 0.3 is 0 Å². The number of nitrogens with zero attached hydrogens (tertiary/aromatic N) is 2. The first-order valence-corrected chi connectivity index (χ1v) is 6.62. The molecule has 16 heavy (non-hydrogen) atoms. The number of hydrogen-bond donors (Lipinski definition) is 1. The lowest BCUT2D eigenvalue weighted by Crippen LogP contribution is -2.21. The number of hydrogen-bond acceptors (Lipinski definition) is 3. The molecule has 3 nitrogen and oxygen atoms in total. The molecule has 0 spiro atoms. The quantitative estimate of drug-likeness (QED) is 0.861. The predicted molar refractivity (Wildman–Crippen MR) is 69.7 cm³/mol. The molecule has 2 rings (SSSR count). The molecule has 1 aliphatic carbocycles. The van der Waals surface area contributed by atoms with Crippen LogP contribution in [0.25, 0.3) is 0 Å². The van der Waals surface area contributed by atoms with Crippen molar-refractivity contribution in [3.05, 3.63) is 16.0 Å². The number of anilines is 1. The average Bonchev–Trinajstić information content (AvgIpc) is 3.00. The maximum absolute atomic E-state index is 5.76. The molecule has 1 aromatic heterocycles. The third-order valence-corrected chi connectivity index (χ3v) is 4.20. The summed E-state index contributed by atoms with van der Waals surface area (Å²) in [7, 11) is 0. The van der Waals surface area contributed by atoms with E-state index in [1.54, 1.807) is 6.20 Å². The normalized spacial score (nSPS) is 17.6. The van der Waals surface area contributed by atoms with E-state index in [-0.39, 0.29) is 5.28 Å². The van der Waals surface area contributed by atoms with Gasteiger partial charge in [-0.25, -0.2) is 4.98 Å². The van der Waals surface area contributed by atoms with E-state index in [9.17, 15) is 0 Å². The summed E-state index contributed by atoms with van der Waals surface area (Å²) in [5.74, 6) is 1.49. The van der Waals surface area contributed by atoms with Gasteiger partial charge in [-0.3, -0.25) is 0 Å². The minimum absolute atomic E-state index is 0.278. The van der Waals surface area contributed by atoms with Crippen molar-refractivity contribution in [1.29, 1.82) is 0 Å². The van der Waals surface area contributed by atoms with Crippen molar-refractivity contribution in [1.82, 2.24) is 9.97 Å². The summed E-state index contributed by atoms with van der Waals surface area (Å²) in [5.41, 5.74) is 0.455. The molecule has 1 aromatic rings. The first-order valence-electron chi connectivity index (χ1n) is 5.45. The van der Waals surface area contributed by atoms with Gasteiger partial charge in [0.2, 0.25) is 5.28 Å². The van der Waals surface area contributed by atoms with E-state index >= 15 is 0 Å². The standard InChI is InChI=1S/C11H15BrClN3/c1-7(2)11(3-4-11)6-15-9-8(12)5-14-10(13)16-9/h5,7H,3-4,6H2,1-2H3,(H,14,15,16).